The second-order valence-corrected chi connectivity index (χ2v) is 5.30. The van der Waals surface area contributed by atoms with E-state index in [0.29, 0.717) is 0 Å². The molecule has 0 atom stereocenters. The van der Waals surface area contributed by atoms with E-state index in [1.165, 1.54) is 12.8 Å². The van der Waals surface area contributed by atoms with Gasteiger partial charge in [-0.2, -0.15) is 0 Å². The molecule has 1 aromatic rings. The van der Waals surface area contributed by atoms with Crippen molar-refractivity contribution in [1.29, 1.82) is 0 Å². The van der Waals surface area contributed by atoms with Crippen LogP contribution in [-0.4, -0.2) is 25.7 Å². The van der Waals surface area contributed by atoms with Gasteiger partial charge in [0, 0.05) is 12.8 Å². The molecule has 2 rings (SSSR count). The quantitative estimate of drug-likeness (QED) is 0.858. The van der Waals surface area contributed by atoms with E-state index >= 15 is 0 Å². The van der Waals surface area contributed by atoms with Crippen LogP contribution in [0.15, 0.2) is 24.3 Å². The number of ether oxygens (including phenoxy) is 2. The Hall–Kier alpha value is -1.55. The highest BCUT2D eigenvalue weighted by Crippen LogP contribution is 2.31. The van der Waals surface area contributed by atoms with Gasteiger partial charge in [-0.1, -0.05) is 25.7 Å². The minimum absolute atomic E-state index is 0.0351. The van der Waals surface area contributed by atoms with Gasteiger partial charge in [-0.15, -0.1) is 0 Å². The fourth-order valence-corrected chi connectivity index (χ4v) is 2.74. The van der Waals surface area contributed by atoms with Gasteiger partial charge in [0.15, 0.2) is 0 Å². The Morgan fingerprint density at radius 2 is 1.65 bits per heavy atom. The third-order valence-corrected chi connectivity index (χ3v) is 4.06. The van der Waals surface area contributed by atoms with E-state index in [9.17, 15) is 4.79 Å². The smallest absolute Gasteiger partial charge is 0.256 e. The van der Waals surface area contributed by atoms with E-state index in [1.807, 2.05) is 24.3 Å². The van der Waals surface area contributed by atoms with Gasteiger partial charge in [0.2, 0.25) is 0 Å². The van der Waals surface area contributed by atoms with Crippen LogP contribution in [0.3, 0.4) is 0 Å². The first-order valence-electron chi connectivity index (χ1n) is 7.21. The number of carbonyl (C=O) groups excluding carboxylic acids is 1. The van der Waals surface area contributed by atoms with E-state index in [1.54, 1.807) is 14.2 Å². The largest absolute Gasteiger partial charge is 0.497 e. The third-order valence-electron chi connectivity index (χ3n) is 4.06. The van der Waals surface area contributed by atoms with Crippen molar-refractivity contribution >= 4 is 11.6 Å². The van der Waals surface area contributed by atoms with Crippen molar-refractivity contribution in [2.24, 2.45) is 0 Å². The summed E-state index contributed by atoms with van der Waals surface area (Å²) in [5.41, 5.74) is 0.104. The third kappa shape index (κ3) is 3.31. The Kier molecular flexibility index (Phi) is 5.01. The van der Waals surface area contributed by atoms with E-state index in [4.69, 9.17) is 9.47 Å². The number of hydrogen-bond donors (Lipinski definition) is 1. The maximum atomic E-state index is 12.6. The first kappa shape index (κ1) is 14.9. The van der Waals surface area contributed by atoms with E-state index in [2.05, 4.69) is 5.32 Å². The molecule has 0 saturated heterocycles. The van der Waals surface area contributed by atoms with Gasteiger partial charge in [-0.05, 0) is 37.1 Å². The minimum Gasteiger partial charge on any atom is -0.497 e. The zero-order valence-electron chi connectivity index (χ0n) is 12.3. The molecular formula is C16H23NO3. The first-order chi connectivity index (χ1) is 9.70. The Labute approximate surface area is 120 Å². The van der Waals surface area contributed by atoms with Crippen molar-refractivity contribution in [2.75, 3.05) is 19.5 Å². The molecule has 1 aromatic carbocycles. The van der Waals surface area contributed by atoms with Crippen molar-refractivity contribution in [3.05, 3.63) is 24.3 Å². The molecule has 0 aliphatic heterocycles. The summed E-state index contributed by atoms with van der Waals surface area (Å²) in [6.45, 7) is 0. The second kappa shape index (κ2) is 6.75. The molecule has 0 bridgehead atoms. The van der Waals surface area contributed by atoms with Crippen molar-refractivity contribution in [2.45, 2.75) is 44.1 Å². The van der Waals surface area contributed by atoms with Crippen molar-refractivity contribution in [3.63, 3.8) is 0 Å². The van der Waals surface area contributed by atoms with Crippen molar-refractivity contribution in [1.82, 2.24) is 0 Å². The van der Waals surface area contributed by atoms with Gasteiger partial charge < -0.3 is 14.8 Å². The second-order valence-electron chi connectivity index (χ2n) is 5.30. The average molecular weight is 277 g/mol. The maximum Gasteiger partial charge on any atom is 0.256 e. The number of amides is 1. The van der Waals surface area contributed by atoms with Gasteiger partial charge in [-0.3, -0.25) is 4.79 Å². The fraction of sp³-hybridized carbons (Fsp3) is 0.562. The number of anilines is 1. The molecule has 20 heavy (non-hydrogen) atoms. The summed E-state index contributed by atoms with van der Waals surface area (Å²) in [6, 6.07) is 7.36. The van der Waals surface area contributed by atoms with E-state index in [0.717, 1.165) is 37.1 Å². The van der Waals surface area contributed by atoms with Crippen LogP contribution in [-0.2, 0) is 9.53 Å². The molecule has 4 heteroatoms. The number of benzene rings is 1. The standard InChI is InChI=1S/C16H23NO3/c1-19-14-9-7-13(8-10-14)17-15(18)16(20-2)11-5-3-4-6-12-16/h7-10H,3-6,11-12H2,1-2H3,(H,17,18). The molecule has 0 spiro atoms. The molecule has 110 valence electrons. The number of carbonyl (C=O) groups is 1. The van der Waals surface area contributed by atoms with Crippen LogP contribution in [0.1, 0.15) is 38.5 Å². The Morgan fingerprint density at radius 1 is 1.05 bits per heavy atom. The zero-order chi connectivity index (χ0) is 14.4. The molecule has 0 unspecified atom stereocenters. The lowest BCUT2D eigenvalue weighted by molar-refractivity contribution is -0.139. The number of hydrogen-bond acceptors (Lipinski definition) is 3. The highest BCUT2D eigenvalue weighted by Gasteiger charge is 2.38. The Bertz CT molecular complexity index is 434. The molecule has 0 heterocycles. The highest BCUT2D eigenvalue weighted by molar-refractivity contribution is 5.97. The van der Waals surface area contributed by atoms with Crippen LogP contribution in [0.5, 0.6) is 5.75 Å². The molecule has 1 N–H and O–H groups in total. The van der Waals surface area contributed by atoms with Crippen LogP contribution in [0.2, 0.25) is 0 Å². The molecule has 4 nitrogen and oxygen atoms in total. The monoisotopic (exact) mass is 277 g/mol. The van der Waals surface area contributed by atoms with Crippen molar-refractivity contribution in [3.8, 4) is 5.75 Å². The topological polar surface area (TPSA) is 47.6 Å². The fourth-order valence-electron chi connectivity index (χ4n) is 2.74. The van der Waals surface area contributed by atoms with Gasteiger partial charge in [0.1, 0.15) is 11.4 Å². The summed E-state index contributed by atoms with van der Waals surface area (Å²) < 4.78 is 10.7. The molecule has 0 aromatic heterocycles. The van der Waals surface area contributed by atoms with Gasteiger partial charge >= 0.3 is 0 Å². The normalized spacial score (nSPS) is 18.1. The highest BCUT2D eigenvalue weighted by atomic mass is 16.5. The maximum absolute atomic E-state index is 12.6. The van der Waals surface area contributed by atoms with Crippen LogP contribution < -0.4 is 10.1 Å². The molecule has 1 fully saturated rings. The summed E-state index contributed by atoms with van der Waals surface area (Å²) in [7, 11) is 3.26. The SMILES string of the molecule is COc1ccc(NC(=O)C2(OC)CCCCCC2)cc1. The van der Waals surface area contributed by atoms with Crippen LogP contribution >= 0.6 is 0 Å². The van der Waals surface area contributed by atoms with Crippen LogP contribution in [0.25, 0.3) is 0 Å². The van der Waals surface area contributed by atoms with Crippen molar-refractivity contribution < 1.29 is 14.3 Å². The minimum atomic E-state index is -0.670. The molecule has 1 aliphatic carbocycles. The summed E-state index contributed by atoms with van der Waals surface area (Å²) in [5.74, 6) is 0.742. The summed E-state index contributed by atoms with van der Waals surface area (Å²) in [5, 5.41) is 2.96. The lowest BCUT2D eigenvalue weighted by Crippen LogP contribution is -2.44. The molecule has 1 saturated carbocycles. The van der Waals surface area contributed by atoms with Gasteiger partial charge in [0.25, 0.3) is 5.91 Å². The Balaban J connectivity index is 2.07. The van der Waals surface area contributed by atoms with Gasteiger partial charge in [0.05, 0.1) is 7.11 Å². The lowest BCUT2D eigenvalue weighted by atomic mass is 9.93. The number of rotatable bonds is 4. The predicted octanol–water partition coefficient (Wildman–Crippen LogP) is 3.37. The first-order valence-corrected chi connectivity index (χ1v) is 7.21. The van der Waals surface area contributed by atoms with Gasteiger partial charge in [-0.25, -0.2) is 0 Å². The summed E-state index contributed by atoms with van der Waals surface area (Å²) >= 11 is 0. The summed E-state index contributed by atoms with van der Waals surface area (Å²) in [4.78, 5) is 12.6. The predicted molar refractivity (Wildman–Crippen MR) is 79.1 cm³/mol. The molecule has 0 radical (unpaired) electrons. The van der Waals surface area contributed by atoms with Crippen LogP contribution in [0, 0.1) is 0 Å². The van der Waals surface area contributed by atoms with E-state index < -0.39 is 5.60 Å². The molecule has 1 aliphatic rings. The lowest BCUT2D eigenvalue weighted by Gasteiger charge is -2.29. The summed E-state index contributed by atoms with van der Waals surface area (Å²) in [6.07, 6.45) is 6.05. The number of methoxy groups -OCH3 is 2. The van der Waals surface area contributed by atoms with Crippen LogP contribution in [0.4, 0.5) is 5.69 Å². The Morgan fingerprint density at radius 3 is 2.15 bits per heavy atom. The zero-order valence-corrected chi connectivity index (χ0v) is 12.3. The molecule has 1 amide bonds. The molecular weight excluding hydrogens is 254 g/mol. The van der Waals surface area contributed by atoms with E-state index in [-0.39, 0.29) is 5.91 Å². The average Bonchev–Trinajstić information content (AvgIpc) is 2.74. The number of nitrogens with one attached hydrogen (secondary N) is 1.